The van der Waals surface area contributed by atoms with Crippen LogP contribution >= 0.6 is 35.3 Å². The quantitative estimate of drug-likeness (QED) is 0.579. The van der Waals surface area contributed by atoms with Gasteiger partial charge in [-0.2, -0.15) is 5.26 Å². The van der Waals surface area contributed by atoms with Crippen LogP contribution in [0.25, 0.3) is 11.0 Å². The number of nitrogens with zero attached hydrogens (tertiary/aromatic N) is 3. The highest BCUT2D eigenvalue weighted by molar-refractivity contribution is 8.30. The summed E-state index contributed by atoms with van der Waals surface area (Å²) in [5.74, 6) is -0.174. The third kappa shape index (κ3) is 2.79. The van der Waals surface area contributed by atoms with E-state index in [-0.39, 0.29) is 11.5 Å². The molecule has 1 aliphatic heterocycles. The molecule has 1 amide bonds. The molecule has 1 saturated heterocycles. The van der Waals surface area contributed by atoms with E-state index in [1.54, 1.807) is 20.0 Å². The summed E-state index contributed by atoms with van der Waals surface area (Å²) >= 11 is 7.60. The molecular weight excluding hydrogens is 338 g/mol. The van der Waals surface area contributed by atoms with E-state index in [9.17, 15) is 9.59 Å². The van der Waals surface area contributed by atoms with Gasteiger partial charge in [0.1, 0.15) is 13.9 Å². The molecule has 0 bridgehead atoms. The van der Waals surface area contributed by atoms with E-state index in [0.717, 1.165) is 0 Å². The Morgan fingerprint density at radius 3 is 2.64 bits per heavy atom. The van der Waals surface area contributed by atoms with Crippen LogP contribution in [0.1, 0.15) is 13.8 Å². The Kier molecular flexibility index (Phi) is 5.01. The van der Waals surface area contributed by atoms with Crippen LogP contribution < -0.4 is 14.8 Å². The zero-order valence-corrected chi connectivity index (χ0v) is 14.7. The van der Waals surface area contributed by atoms with E-state index >= 15 is 0 Å². The number of thiazole rings is 1. The van der Waals surface area contributed by atoms with Crippen molar-refractivity contribution < 1.29 is 4.79 Å². The highest BCUT2D eigenvalue weighted by atomic mass is 32.2. The number of nitriles is 1. The normalized spacial score (nSPS) is 19.1. The molecule has 1 aliphatic rings. The monoisotopic (exact) mass is 351 g/mol. The average molecular weight is 351 g/mol. The second-order valence-corrected chi connectivity index (χ2v) is 7.06. The van der Waals surface area contributed by atoms with Crippen LogP contribution in [0, 0.1) is 11.3 Å². The number of aromatic nitrogens is 1. The van der Waals surface area contributed by atoms with Gasteiger partial charge in [-0.05, 0) is 19.9 Å². The maximum Gasteiger partial charge on any atom is 0.269 e. The van der Waals surface area contributed by atoms with Crippen LogP contribution in [0.5, 0.6) is 0 Å². The van der Waals surface area contributed by atoms with E-state index in [1.165, 1.54) is 38.6 Å². The molecule has 2 heterocycles. The molecule has 5 nitrogen and oxygen atoms in total. The first kappa shape index (κ1) is 16.7. The van der Waals surface area contributed by atoms with Crippen molar-refractivity contribution >= 4 is 56.5 Å². The first-order valence-corrected chi connectivity index (χ1v) is 8.50. The first-order chi connectivity index (χ1) is 10.4. The Morgan fingerprint density at radius 1 is 1.45 bits per heavy atom. The minimum Gasteiger partial charge on any atom is -0.301 e. The van der Waals surface area contributed by atoms with Gasteiger partial charge in [0.15, 0.2) is 0 Å². The SMILES string of the molecule is CC=C(C#N)C=c1sc(=C2SC(=S)N(CC)C2=O)n(C)c1=O. The number of hydrogen-bond donors (Lipinski definition) is 0. The zero-order chi connectivity index (χ0) is 16.4. The number of rotatable bonds is 2. The summed E-state index contributed by atoms with van der Waals surface area (Å²) in [6, 6.07) is 2.01. The third-order valence-electron chi connectivity index (χ3n) is 3.11. The largest absolute Gasteiger partial charge is 0.301 e. The van der Waals surface area contributed by atoms with Crippen molar-refractivity contribution in [1.82, 2.24) is 9.47 Å². The van der Waals surface area contributed by atoms with Crippen molar-refractivity contribution in [3.63, 3.8) is 0 Å². The lowest BCUT2D eigenvalue weighted by atomic mass is 10.3. The Balaban J connectivity index is 2.74. The molecule has 0 aliphatic carbocycles. The van der Waals surface area contributed by atoms with Gasteiger partial charge in [-0.25, -0.2) is 0 Å². The summed E-state index contributed by atoms with van der Waals surface area (Å²) in [5, 5.41) is 8.97. The molecule has 114 valence electrons. The van der Waals surface area contributed by atoms with Gasteiger partial charge in [0.25, 0.3) is 11.5 Å². The van der Waals surface area contributed by atoms with Crippen LogP contribution in [0.2, 0.25) is 0 Å². The topological polar surface area (TPSA) is 66.1 Å². The zero-order valence-electron chi connectivity index (χ0n) is 12.2. The van der Waals surface area contributed by atoms with Crippen molar-refractivity contribution in [2.45, 2.75) is 13.8 Å². The molecule has 0 aromatic carbocycles. The molecule has 0 radical (unpaired) electrons. The van der Waals surface area contributed by atoms with E-state index in [4.69, 9.17) is 17.5 Å². The number of hydrogen-bond acceptors (Lipinski definition) is 6. The predicted molar refractivity (Wildman–Crippen MR) is 93.6 cm³/mol. The molecular formula is C14H13N3O2S3. The molecule has 0 unspecified atom stereocenters. The van der Waals surface area contributed by atoms with Crippen molar-refractivity contribution in [2.24, 2.45) is 7.05 Å². The summed E-state index contributed by atoms with van der Waals surface area (Å²) in [4.78, 5) is 26.6. The standard InChI is InChI=1S/C14H13N3O2S3/c1-4-8(7-15)6-9-11(18)16(3)13(21-9)10-12(19)17(5-2)14(20)22-10/h4,6H,5H2,1-3H3. The van der Waals surface area contributed by atoms with Gasteiger partial charge >= 0.3 is 0 Å². The van der Waals surface area contributed by atoms with Crippen LogP contribution in [0.3, 0.4) is 0 Å². The van der Waals surface area contributed by atoms with Gasteiger partial charge in [-0.3, -0.25) is 14.5 Å². The molecule has 0 atom stereocenters. The fourth-order valence-electron chi connectivity index (χ4n) is 1.88. The molecule has 0 saturated carbocycles. The number of thioether (sulfide) groups is 1. The molecule has 8 heteroatoms. The molecule has 0 N–H and O–H groups in total. The predicted octanol–water partition coefficient (Wildman–Crippen LogP) is 0.686. The molecule has 1 aromatic rings. The van der Waals surface area contributed by atoms with Crippen LogP contribution in [0.4, 0.5) is 0 Å². The molecule has 22 heavy (non-hydrogen) atoms. The molecule has 2 rings (SSSR count). The van der Waals surface area contributed by atoms with Gasteiger partial charge in [0.05, 0.1) is 10.6 Å². The van der Waals surface area contributed by atoms with Crippen LogP contribution in [0.15, 0.2) is 16.4 Å². The van der Waals surface area contributed by atoms with Crippen LogP contribution in [-0.2, 0) is 11.8 Å². The molecule has 0 spiro atoms. The van der Waals surface area contributed by atoms with E-state index in [1.807, 2.05) is 13.0 Å². The summed E-state index contributed by atoms with van der Waals surface area (Å²) in [5.41, 5.74) is 0.183. The van der Waals surface area contributed by atoms with E-state index in [2.05, 4.69) is 0 Å². The second-order valence-electron chi connectivity index (χ2n) is 4.38. The molecule has 1 fully saturated rings. The summed E-state index contributed by atoms with van der Waals surface area (Å²) < 4.78 is 2.93. The minimum atomic E-state index is -0.226. The fourth-order valence-corrected chi connectivity index (χ4v) is 4.53. The smallest absolute Gasteiger partial charge is 0.269 e. The number of amides is 1. The summed E-state index contributed by atoms with van der Waals surface area (Å²) in [6.07, 6.45) is 3.17. The Hall–Kier alpha value is -1.69. The first-order valence-electron chi connectivity index (χ1n) is 6.46. The lowest BCUT2D eigenvalue weighted by Crippen LogP contribution is -2.31. The fraction of sp³-hybridized carbons (Fsp3) is 0.286. The van der Waals surface area contributed by atoms with E-state index < -0.39 is 0 Å². The lowest BCUT2D eigenvalue weighted by molar-refractivity contribution is -0.120. The Morgan fingerprint density at radius 2 is 2.14 bits per heavy atom. The maximum atomic E-state index is 12.4. The summed E-state index contributed by atoms with van der Waals surface area (Å²) in [7, 11) is 1.62. The number of allylic oxidation sites excluding steroid dienone is 2. The van der Waals surface area contributed by atoms with Crippen molar-refractivity contribution in [2.75, 3.05) is 6.54 Å². The van der Waals surface area contributed by atoms with Crippen molar-refractivity contribution in [3.8, 4) is 6.07 Å². The van der Waals surface area contributed by atoms with Crippen molar-refractivity contribution in [3.05, 3.63) is 31.2 Å². The lowest BCUT2D eigenvalue weighted by Gasteiger charge is -2.09. The minimum absolute atomic E-state index is 0.174. The number of thiocarbonyl (C=S) groups is 1. The highest BCUT2D eigenvalue weighted by Crippen LogP contribution is 2.30. The average Bonchev–Trinajstić information content (AvgIpc) is 2.94. The highest BCUT2D eigenvalue weighted by Gasteiger charge is 2.32. The van der Waals surface area contributed by atoms with Gasteiger partial charge in [0.2, 0.25) is 0 Å². The van der Waals surface area contributed by atoms with Crippen molar-refractivity contribution in [1.29, 1.82) is 5.26 Å². The Labute approximate surface area is 140 Å². The number of carbonyl (C=O) groups excluding carboxylic acids is 1. The van der Waals surface area contributed by atoms with Crippen LogP contribution in [-0.4, -0.2) is 26.2 Å². The van der Waals surface area contributed by atoms with E-state index in [0.29, 0.717) is 30.5 Å². The summed E-state index contributed by atoms with van der Waals surface area (Å²) in [6.45, 7) is 4.09. The maximum absolute atomic E-state index is 12.4. The van der Waals surface area contributed by atoms with Gasteiger partial charge in [-0.15, -0.1) is 11.3 Å². The number of carbonyl (C=O) groups is 1. The van der Waals surface area contributed by atoms with Gasteiger partial charge in [0, 0.05) is 19.2 Å². The Bertz CT molecular complexity index is 899. The van der Waals surface area contributed by atoms with Gasteiger partial charge in [-0.1, -0.05) is 30.1 Å². The van der Waals surface area contributed by atoms with Gasteiger partial charge < -0.3 is 4.57 Å². The second kappa shape index (κ2) is 6.60. The third-order valence-corrected chi connectivity index (χ3v) is 5.86. The molecule has 1 aromatic heterocycles.